The Hall–Kier alpha value is -3.26. The Kier molecular flexibility index (Phi) is 4.68. The number of carbonyl (C=O) groups is 1. The van der Waals surface area contributed by atoms with Gasteiger partial charge in [-0.3, -0.25) is 0 Å². The van der Waals surface area contributed by atoms with Crippen molar-refractivity contribution in [3.63, 3.8) is 0 Å². The summed E-state index contributed by atoms with van der Waals surface area (Å²) in [4.78, 5) is 23.5. The molecular weight excluding hydrogens is 358 g/mol. The van der Waals surface area contributed by atoms with E-state index in [0.29, 0.717) is 16.7 Å². The van der Waals surface area contributed by atoms with Crippen LogP contribution in [0.5, 0.6) is 0 Å². The fourth-order valence-electron chi connectivity index (χ4n) is 2.37. The molecule has 3 heterocycles. The smallest absolute Gasteiger partial charge is 0.329 e. The summed E-state index contributed by atoms with van der Waals surface area (Å²) < 4.78 is 23.5. The lowest BCUT2D eigenvalue weighted by atomic mass is 10.1. The van der Waals surface area contributed by atoms with E-state index in [4.69, 9.17) is 5.26 Å². The van der Waals surface area contributed by atoms with Crippen molar-refractivity contribution in [2.24, 2.45) is 0 Å². The van der Waals surface area contributed by atoms with Gasteiger partial charge in [-0.2, -0.15) is 15.0 Å². The van der Waals surface area contributed by atoms with Crippen LogP contribution in [0.25, 0.3) is 22.3 Å². The number of pyridine rings is 1. The van der Waals surface area contributed by atoms with Crippen molar-refractivity contribution >= 4 is 27.0 Å². The number of nitrogens with zero attached hydrogens (tertiary/aromatic N) is 5. The van der Waals surface area contributed by atoms with Gasteiger partial charge in [0.15, 0.2) is 5.65 Å². The zero-order valence-electron chi connectivity index (χ0n) is 13.7. The molecule has 0 bridgehead atoms. The molecule has 1 amide bonds. The van der Waals surface area contributed by atoms with Crippen LogP contribution < -0.4 is 5.32 Å². The van der Waals surface area contributed by atoms with Crippen LogP contribution in [-0.2, 0) is 9.84 Å². The standard InChI is InChI=1S/C15H15N7O3S/c1-26(24,25)5-3-11(6-16)21-15(23)22-8-10(7-20-22)12-2-4-17-14-13(12)18-9-19-14/h2,4,7-9,11H,3,5H2,1H3,(H,21,23)(H,17,18,19). The van der Waals surface area contributed by atoms with Crippen LogP contribution in [0, 0.1) is 11.3 Å². The lowest BCUT2D eigenvalue weighted by molar-refractivity contribution is 0.237. The molecule has 3 aromatic heterocycles. The van der Waals surface area contributed by atoms with E-state index < -0.39 is 21.9 Å². The van der Waals surface area contributed by atoms with Crippen molar-refractivity contribution in [2.75, 3.05) is 12.0 Å². The van der Waals surface area contributed by atoms with E-state index in [2.05, 4.69) is 25.4 Å². The van der Waals surface area contributed by atoms with Crippen molar-refractivity contribution in [3.8, 4) is 17.2 Å². The van der Waals surface area contributed by atoms with Crippen molar-refractivity contribution in [3.05, 3.63) is 31.0 Å². The Bertz CT molecular complexity index is 1090. The third-order valence-electron chi connectivity index (χ3n) is 3.65. The highest BCUT2D eigenvalue weighted by Gasteiger charge is 2.17. The van der Waals surface area contributed by atoms with Gasteiger partial charge in [0.2, 0.25) is 0 Å². The number of hydrogen-bond donors (Lipinski definition) is 2. The summed E-state index contributed by atoms with van der Waals surface area (Å²) in [6, 6.07) is 2.08. The number of nitrogens with one attached hydrogen (secondary N) is 2. The number of fused-ring (bicyclic) bond motifs is 1. The summed E-state index contributed by atoms with van der Waals surface area (Å²) in [6.45, 7) is 0. The molecular formula is C15H15N7O3S. The first kappa shape index (κ1) is 17.6. The molecule has 0 saturated heterocycles. The van der Waals surface area contributed by atoms with Gasteiger partial charge in [0.25, 0.3) is 0 Å². The molecule has 0 spiro atoms. The molecule has 0 saturated carbocycles. The zero-order chi connectivity index (χ0) is 18.7. The highest BCUT2D eigenvalue weighted by molar-refractivity contribution is 7.90. The molecule has 26 heavy (non-hydrogen) atoms. The third-order valence-corrected chi connectivity index (χ3v) is 4.63. The number of aromatic nitrogens is 5. The van der Waals surface area contributed by atoms with Crippen LogP contribution in [0.4, 0.5) is 4.79 Å². The van der Waals surface area contributed by atoms with Crippen molar-refractivity contribution in [2.45, 2.75) is 12.5 Å². The topological polar surface area (TPSA) is 146 Å². The molecule has 2 N–H and O–H groups in total. The molecule has 0 radical (unpaired) electrons. The van der Waals surface area contributed by atoms with E-state index in [0.717, 1.165) is 16.5 Å². The average Bonchev–Trinajstić information content (AvgIpc) is 3.26. The molecule has 3 aromatic rings. The molecule has 0 aliphatic rings. The summed E-state index contributed by atoms with van der Waals surface area (Å²) in [6.07, 6.45) is 7.23. The maximum atomic E-state index is 12.3. The van der Waals surface area contributed by atoms with E-state index in [-0.39, 0.29) is 12.2 Å². The third kappa shape index (κ3) is 3.86. The Morgan fingerprint density at radius 1 is 1.46 bits per heavy atom. The van der Waals surface area contributed by atoms with Gasteiger partial charge in [0.05, 0.1) is 24.3 Å². The van der Waals surface area contributed by atoms with E-state index in [1.54, 1.807) is 12.3 Å². The van der Waals surface area contributed by atoms with E-state index in [1.807, 2.05) is 6.07 Å². The van der Waals surface area contributed by atoms with Gasteiger partial charge in [0, 0.05) is 29.8 Å². The zero-order valence-corrected chi connectivity index (χ0v) is 14.6. The molecule has 1 unspecified atom stereocenters. The van der Waals surface area contributed by atoms with Crippen molar-refractivity contribution < 1.29 is 13.2 Å². The van der Waals surface area contributed by atoms with Crippen LogP contribution in [0.15, 0.2) is 31.0 Å². The molecule has 3 rings (SSSR count). The highest BCUT2D eigenvalue weighted by Crippen LogP contribution is 2.24. The monoisotopic (exact) mass is 373 g/mol. The quantitative estimate of drug-likeness (QED) is 0.669. The second-order valence-electron chi connectivity index (χ2n) is 5.68. The number of aromatic amines is 1. The molecule has 11 heteroatoms. The first-order chi connectivity index (χ1) is 12.4. The van der Waals surface area contributed by atoms with E-state index >= 15 is 0 Å². The summed E-state index contributed by atoms with van der Waals surface area (Å²) in [5, 5.41) is 15.5. The fraction of sp³-hybridized carbons (Fsp3) is 0.267. The normalized spacial score (nSPS) is 12.6. The molecule has 0 aliphatic carbocycles. The van der Waals surface area contributed by atoms with Crippen molar-refractivity contribution in [1.82, 2.24) is 30.0 Å². The molecule has 10 nitrogen and oxygen atoms in total. The second kappa shape index (κ2) is 6.93. The lowest BCUT2D eigenvalue weighted by Crippen LogP contribution is -2.38. The van der Waals surface area contributed by atoms with E-state index in [9.17, 15) is 13.2 Å². The van der Waals surface area contributed by atoms with Gasteiger partial charge in [0.1, 0.15) is 21.4 Å². The number of imidazole rings is 1. The summed E-state index contributed by atoms with van der Waals surface area (Å²) in [7, 11) is -3.22. The summed E-state index contributed by atoms with van der Waals surface area (Å²) in [5.74, 6) is -0.190. The minimum absolute atomic E-state index is 0.00739. The first-order valence-corrected chi connectivity index (χ1v) is 9.65. The number of hydrogen-bond acceptors (Lipinski definition) is 7. The summed E-state index contributed by atoms with van der Waals surface area (Å²) >= 11 is 0. The SMILES string of the molecule is CS(=O)(=O)CCC(C#N)NC(=O)n1cc(-c2ccnc3[nH]cnc23)cn1. The van der Waals surface area contributed by atoms with E-state index in [1.165, 1.54) is 18.7 Å². The van der Waals surface area contributed by atoms with Gasteiger partial charge in [-0.25, -0.2) is 23.2 Å². The van der Waals surface area contributed by atoms with Gasteiger partial charge >= 0.3 is 6.03 Å². The number of amides is 1. The number of H-pyrrole nitrogens is 1. The minimum Gasteiger partial charge on any atom is -0.329 e. The van der Waals surface area contributed by atoms with Crippen LogP contribution in [0.1, 0.15) is 6.42 Å². The predicted molar refractivity (Wildman–Crippen MR) is 92.8 cm³/mol. The molecule has 0 fully saturated rings. The maximum Gasteiger partial charge on any atom is 0.343 e. The molecule has 0 aliphatic heterocycles. The van der Waals surface area contributed by atoms with Gasteiger partial charge in [-0.1, -0.05) is 0 Å². The molecule has 134 valence electrons. The second-order valence-corrected chi connectivity index (χ2v) is 7.94. The Morgan fingerprint density at radius 2 is 2.27 bits per heavy atom. The van der Waals surface area contributed by atoms with Gasteiger partial charge in [-0.05, 0) is 12.5 Å². The first-order valence-electron chi connectivity index (χ1n) is 7.59. The number of nitriles is 1. The van der Waals surface area contributed by atoms with Crippen LogP contribution in [0.2, 0.25) is 0 Å². The molecule has 1 atom stereocenters. The Labute approximate surface area is 148 Å². The average molecular weight is 373 g/mol. The van der Waals surface area contributed by atoms with Gasteiger partial charge in [-0.15, -0.1) is 0 Å². The Morgan fingerprint density at radius 3 is 3.00 bits per heavy atom. The maximum absolute atomic E-state index is 12.3. The van der Waals surface area contributed by atoms with Crippen LogP contribution in [-0.4, -0.2) is 57.2 Å². The van der Waals surface area contributed by atoms with Crippen molar-refractivity contribution in [1.29, 1.82) is 5.26 Å². The number of rotatable bonds is 5. The largest absolute Gasteiger partial charge is 0.343 e. The Balaban J connectivity index is 1.76. The highest BCUT2D eigenvalue weighted by atomic mass is 32.2. The minimum atomic E-state index is -3.22. The molecule has 0 aromatic carbocycles. The predicted octanol–water partition coefficient (Wildman–Crippen LogP) is 0.706. The number of sulfone groups is 1. The van der Waals surface area contributed by atoms with Gasteiger partial charge < -0.3 is 10.3 Å². The summed E-state index contributed by atoms with van der Waals surface area (Å²) in [5.41, 5.74) is 2.68. The lowest BCUT2D eigenvalue weighted by Gasteiger charge is -2.10. The fourth-order valence-corrected chi connectivity index (χ4v) is 3.03. The van der Waals surface area contributed by atoms with Crippen LogP contribution in [0.3, 0.4) is 0 Å². The number of carbonyl (C=O) groups excluding carboxylic acids is 1. The van der Waals surface area contributed by atoms with Crippen LogP contribution >= 0.6 is 0 Å².